The molecule has 0 aliphatic heterocycles. The van der Waals surface area contributed by atoms with Crippen molar-refractivity contribution in [2.75, 3.05) is 35.2 Å². The standard InChI is InChI=1S/C23H28N8O/c1-4-31(5-2)23-27-20(24-15-14-16-10-12-17(32)13-11-16)26-21(29-23)28-22-25-18-8-6-7-9-19(18)30(22)3/h6-13,32H,4-5,14-15H2,1-3H3,(H2,24,25,26,27,28,29). The molecule has 32 heavy (non-hydrogen) atoms. The number of aromatic hydroxyl groups is 1. The van der Waals surface area contributed by atoms with E-state index in [1.807, 2.05) is 48.0 Å². The molecular formula is C23H28N8O. The smallest absolute Gasteiger partial charge is 0.236 e. The lowest BCUT2D eigenvalue weighted by molar-refractivity contribution is 0.475. The molecule has 166 valence electrons. The van der Waals surface area contributed by atoms with Crippen LogP contribution in [0.2, 0.25) is 0 Å². The maximum Gasteiger partial charge on any atom is 0.236 e. The van der Waals surface area contributed by atoms with Gasteiger partial charge in [-0.15, -0.1) is 0 Å². The van der Waals surface area contributed by atoms with E-state index in [0.717, 1.165) is 36.1 Å². The first kappa shape index (κ1) is 21.4. The predicted octanol–water partition coefficient (Wildman–Crippen LogP) is 3.71. The van der Waals surface area contributed by atoms with Crippen LogP contribution in [-0.4, -0.2) is 49.2 Å². The second-order valence-corrected chi connectivity index (χ2v) is 7.41. The van der Waals surface area contributed by atoms with Crippen LogP contribution in [0.15, 0.2) is 48.5 Å². The van der Waals surface area contributed by atoms with Gasteiger partial charge in [-0.2, -0.15) is 15.0 Å². The number of phenolic OH excluding ortho intramolecular Hbond substituents is 1. The van der Waals surface area contributed by atoms with E-state index in [1.54, 1.807) is 12.1 Å². The van der Waals surface area contributed by atoms with Crippen molar-refractivity contribution in [3.63, 3.8) is 0 Å². The van der Waals surface area contributed by atoms with Crippen LogP contribution in [-0.2, 0) is 13.5 Å². The van der Waals surface area contributed by atoms with Gasteiger partial charge in [-0.25, -0.2) is 4.98 Å². The maximum absolute atomic E-state index is 9.45. The fourth-order valence-corrected chi connectivity index (χ4v) is 3.49. The first-order valence-corrected chi connectivity index (χ1v) is 10.8. The van der Waals surface area contributed by atoms with Gasteiger partial charge in [0.25, 0.3) is 0 Å². The largest absolute Gasteiger partial charge is 0.508 e. The molecule has 9 nitrogen and oxygen atoms in total. The highest BCUT2D eigenvalue weighted by molar-refractivity contribution is 5.79. The van der Waals surface area contributed by atoms with Crippen molar-refractivity contribution in [1.29, 1.82) is 0 Å². The number of phenols is 1. The summed E-state index contributed by atoms with van der Waals surface area (Å²) in [5, 5.41) is 16.0. The average Bonchev–Trinajstić information content (AvgIpc) is 3.11. The number of aryl methyl sites for hydroxylation is 1. The Balaban J connectivity index is 1.57. The molecule has 4 rings (SSSR count). The monoisotopic (exact) mass is 432 g/mol. The number of fused-ring (bicyclic) bond motifs is 1. The van der Waals surface area contributed by atoms with Gasteiger partial charge in [0.15, 0.2) is 0 Å². The topological polar surface area (TPSA) is 104 Å². The molecule has 0 unspecified atom stereocenters. The van der Waals surface area contributed by atoms with Crippen molar-refractivity contribution in [3.05, 3.63) is 54.1 Å². The van der Waals surface area contributed by atoms with Gasteiger partial charge in [-0.05, 0) is 50.1 Å². The van der Waals surface area contributed by atoms with Gasteiger partial charge in [0, 0.05) is 26.7 Å². The zero-order valence-corrected chi connectivity index (χ0v) is 18.6. The average molecular weight is 433 g/mol. The molecule has 2 aromatic carbocycles. The molecule has 0 bridgehead atoms. The summed E-state index contributed by atoms with van der Waals surface area (Å²) < 4.78 is 1.98. The van der Waals surface area contributed by atoms with E-state index in [0.29, 0.717) is 30.3 Å². The van der Waals surface area contributed by atoms with Crippen molar-refractivity contribution in [2.45, 2.75) is 20.3 Å². The molecule has 9 heteroatoms. The summed E-state index contributed by atoms with van der Waals surface area (Å²) in [6, 6.07) is 15.2. The number of benzene rings is 2. The minimum Gasteiger partial charge on any atom is -0.508 e. The Hall–Kier alpha value is -3.88. The van der Waals surface area contributed by atoms with Crippen LogP contribution in [0.3, 0.4) is 0 Å². The van der Waals surface area contributed by atoms with E-state index in [-0.39, 0.29) is 5.75 Å². The summed E-state index contributed by atoms with van der Waals surface area (Å²) in [5.74, 6) is 2.48. The molecule has 2 heterocycles. The lowest BCUT2D eigenvalue weighted by atomic mass is 10.1. The highest BCUT2D eigenvalue weighted by Gasteiger charge is 2.14. The van der Waals surface area contributed by atoms with Crippen LogP contribution < -0.4 is 15.5 Å². The summed E-state index contributed by atoms with van der Waals surface area (Å²) in [4.78, 5) is 20.5. The van der Waals surface area contributed by atoms with E-state index < -0.39 is 0 Å². The van der Waals surface area contributed by atoms with E-state index in [4.69, 9.17) is 0 Å². The lowest BCUT2D eigenvalue weighted by Gasteiger charge is -2.19. The molecule has 0 fully saturated rings. The summed E-state index contributed by atoms with van der Waals surface area (Å²) >= 11 is 0. The van der Waals surface area contributed by atoms with Gasteiger partial charge in [0.1, 0.15) is 5.75 Å². The molecule has 0 saturated carbocycles. The van der Waals surface area contributed by atoms with Crippen LogP contribution in [0.25, 0.3) is 11.0 Å². The maximum atomic E-state index is 9.45. The number of hydrogen-bond donors (Lipinski definition) is 3. The SMILES string of the molecule is CCN(CC)c1nc(NCCc2ccc(O)cc2)nc(Nc2nc3ccccc3n2C)n1. The number of rotatable bonds is 9. The third-order valence-electron chi connectivity index (χ3n) is 5.31. The number of aromatic nitrogens is 5. The predicted molar refractivity (Wildman–Crippen MR) is 128 cm³/mol. The van der Waals surface area contributed by atoms with Gasteiger partial charge in [-0.1, -0.05) is 24.3 Å². The van der Waals surface area contributed by atoms with Crippen LogP contribution in [0.1, 0.15) is 19.4 Å². The lowest BCUT2D eigenvalue weighted by Crippen LogP contribution is -2.25. The molecule has 4 aromatic rings. The van der Waals surface area contributed by atoms with Crippen LogP contribution in [0.5, 0.6) is 5.75 Å². The Bertz CT molecular complexity index is 1180. The Morgan fingerprint density at radius 2 is 1.62 bits per heavy atom. The van der Waals surface area contributed by atoms with E-state index in [2.05, 4.69) is 49.3 Å². The van der Waals surface area contributed by atoms with Crippen LogP contribution in [0.4, 0.5) is 23.8 Å². The van der Waals surface area contributed by atoms with Gasteiger partial charge in [-0.3, -0.25) is 5.32 Å². The molecule has 3 N–H and O–H groups in total. The normalized spacial score (nSPS) is 11.0. The van der Waals surface area contributed by atoms with E-state index >= 15 is 0 Å². The van der Waals surface area contributed by atoms with E-state index in [1.165, 1.54) is 0 Å². The first-order chi connectivity index (χ1) is 15.6. The van der Waals surface area contributed by atoms with Gasteiger partial charge in [0.2, 0.25) is 23.8 Å². The third kappa shape index (κ3) is 4.72. The summed E-state index contributed by atoms with van der Waals surface area (Å²) in [5.41, 5.74) is 3.05. The molecule has 0 aliphatic rings. The first-order valence-electron chi connectivity index (χ1n) is 10.8. The van der Waals surface area contributed by atoms with Gasteiger partial charge < -0.3 is 19.9 Å². The van der Waals surface area contributed by atoms with Crippen molar-refractivity contribution < 1.29 is 5.11 Å². The molecule has 0 atom stereocenters. The molecule has 0 amide bonds. The number of para-hydroxylation sites is 2. The highest BCUT2D eigenvalue weighted by atomic mass is 16.3. The zero-order valence-electron chi connectivity index (χ0n) is 18.6. The van der Waals surface area contributed by atoms with Gasteiger partial charge in [0.05, 0.1) is 11.0 Å². The third-order valence-corrected chi connectivity index (χ3v) is 5.31. The van der Waals surface area contributed by atoms with Gasteiger partial charge >= 0.3 is 0 Å². The molecule has 2 aromatic heterocycles. The van der Waals surface area contributed by atoms with Crippen molar-refractivity contribution in [2.24, 2.45) is 7.05 Å². The Morgan fingerprint density at radius 3 is 2.34 bits per heavy atom. The molecular weight excluding hydrogens is 404 g/mol. The summed E-state index contributed by atoms with van der Waals surface area (Å²) in [7, 11) is 1.96. The quantitative estimate of drug-likeness (QED) is 0.368. The van der Waals surface area contributed by atoms with Crippen LogP contribution in [0, 0.1) is 0 Å². The minimum atomic E-state index is 0.265. The van der Waals surface area contributed by atoms with Crippen molar-refractivity contribution in [3.8, 4) is 5.75 Å². The summed E-state index contributed by atoms with van der Waals surface area (Å²) in [6.07, 6.45) is 0.778. The minimum absolute atomic E-state index is 0.265. The number of hydrogen-bond acceptors (Lipinski definition) is 8. The Labute approximate surface area is 187 Å². The molecule has 0 radical (unpaired) electrons. The van der Waals surface area contributed by atoms with Crippen molar-refractivity contribution >= 4 is 34.8 Å². The van der Waals surface area contributed by atoms with E-state index in [9.17, 15) is 5.11 Å². The van der Waals surface area contributed by atoms with Crippen LogP contribution >= 0.6 is 0 Å². The number of nitrogens with one attached hydrogen (secondary N) is 2. The molecule has 0 spiro atoms. The number of imidazole rings is 1. The summed E-state index contributed by atoms with van der Waals surface area (Å²) in [6.45, 7) is 6.38. The second-order valence-electron chi connectivity index (χ2n) is 7.41. The fraction of sp³-hybridized carbons (Fsp3) is 0.304. The molecule has 0 saturated heterocycles. The highest BCUT2D eigenvalue weighted by Crippen LogP contribution is 2.21. The Kier molecular flexibility index (Phi) is 6.34. The fourth-order valence-electron chi connectivity index (χ4n) is 3.49. The zero-order chi connectivity index (χ0) is 22.5. The van der Waals surface area contributed by atoms with Crippen molar-refractivity contribution in [1.82, 2.24) is 24.5 Å². The molecule has 0 aliphatic carbocycles. The number of anilines is 4. The second kappa shape index (κ2) is 9.51. The number of nitrogens with zero attached hydrogens (tertiary/aromatic N) is 6. The Morgan fingerprint density at radius 1 is 0.906 bits per heavy atom.